The van der Waals surface area contributed by atoms with Gasteiger partial charge in [0, 0.05) is 12.0 Å². The van der Waals surface area contributed by atoms with Crippen molar-refractivity contribution < 1.29 is 9.84 Å². The molecule has 0 aromatic heterocycles. The van der Waals surface area contributed by atoms with E-state index in [-0.39, 0.29) is 5.41 Å². The number of aromatic hydroxyl groups is 1. The second-order valence-electron chi connectivity index (χ2n) is 5.62. The molecule has 0 aliphatic carbocycles. The Bertz CT molecular complexity index is 403. The summed E-state index contributed by atoms with van der Waals surface area (Å²) in [4.78, 5) is 2.39. The van der Waals surface area contributed by atoms with Gasteiger partial charge in [-0.1, -0.05) is 12.1 Å². The van der Waals surface area contributed by atoms with Crippen molar-refractivity contribution in [2.75, 3.05) is 33.4 Å². The Morgan fingerprint density at radius 1 is 1.32 bits per heavy atom. The fraction of sp³-hybridized carbons (Fsp3) is 0.625. The average Bonchev–Trinajstić information content (AvgIpc) is 2.60. The number of phenols is 1. The van der Waals surface area contributed by atoms with Gasteiger partial charge in [0.2, 0.25) is 0 Å². The van der Waals surface area contributed by atoms with Crippen LogP contribution >= 0.6 is 0 Å². The Labute approximate surface area is 116 Å². The quantitative estimate of drug-likeness (QED) is 0.906. The average molecular weight is 263 g/mol. The lowest BCUT2D eigenvalue weighted by molar-refractivity contribution is 0.0837. The predicted octanol–water partition coefficient (Wildman–Crippen LogP) is 2.78. The molecule has 0 amide bonds. The van der Waals surface area contributed by atoms with Crippen LogP contribution in [-0.4, -0.2) is 43.4 Å². The first-order valence-corrected chi connectivity index (χ1v) is 7.22. The van der Waals surface area contributed by atoms with Crippen molar-refractivity contribution in [3.05, 3.63) is 29.8 Å². The fourth-order valence-electron chi connectivity index (χ4n) is 2.98. The van der Waals surface area contributed by atoms with Crippen LogP contribution in [0.2, 0.25) is 0 Å². The number of ether oxygens (including phenoxy) is 1. The van der Waals surface area contributed by atoms with Crippen molar-refractivity contribution in [3.8, 4) is 5.75 Å². The van der Waals surface area contributed by atoms with E-state index in [4.69, 9.17) is 4.74 Å². The van der Waals surface area contributed by atoms with E-state index in [0.717, 1.165) is 39.1 Å². The minimum absolute atomic E-state index is 0.0551. The van der Waals surface area contributed by atoms with Crippen molar-refractivity contribution >= 4 is 0 Å². The number of likely N-dealkylation sites (tertiary alicyclic amines) is 1. The van der Waals surface area contributed by atoms with Crippen LogP contribution in [0.4, 0.5) is 0 Å². The van der Waals surface area contributed by atoms with Crippen molar-refractivity contribution in [2.24, 2.45) is 0 Å². The monoisotopic (exact) mass is 263 g/mol. The Hall–Kier alpha value is -1.06. The first-order chi connectivity index (χ1) is 9.16. The SMILES string of the molecule is CCOCC1(c2cccc(O)c2)CCCN(C)CC1. The smallest absolute Gasteiger partial charge is 0.115 e. The van der Waals surface area contributed by atoms with E-state index in [9.17, 15) is 5.11 Å². The van der Waals surface area contributed by atoms with Gasteiger partial charge < -0.3 is 14.7 Å². The highest BCUT2D eigenvalue weighted by atomic mass is 16.5. The summed E-state index contributed by atoms with van der Waals surface area (Å²) in [6, 6.07) is 7.71. The number of benzene rings is 1. The van der Waals surface area contributed by atoms with E-state index >= 15 is 0 Å². The molecule has 1 aliphatic heterocycles. The van der Waals surface area contributed by atoms with Gasteiger partial charge >= 0.3 is 0 Å². The minimum atomic E-state index is 0.0551. The van der Waals surface area contributed by atoms with Crippen LogP contribution in [0.1, 0.15) is 31.7 Å². The van der Waals surface area contributed by atoms with Gasteiger partial charge in [0.25, 0.3) is 0 Å². The zero-order chi connectivity index (χ0) is 13.7. The largest absolute Gasteiger partial charge is 0.508 e. The molecule has 1 aliphatic rings. The molecule has 0 saturated carbocycles. The second-order valence-corrected chi connectivity index (χ2v) is 5.62. The number of hydrogen-bond acceptors (Lipinski definition) is 3. The Morgan fingerprint density at radius 3 is 2.89 bits per heavy atom. The highest BCUT2D eigenvalue weighted by Gasteiger charge is 2.34. The molecule has 1 N–H and O–H groups in total. The Morgan fingerprint density at radius 2 is 2.16 bits per heavy atom. The lowest BCUT2D eigenvalue weighted by Crippen LogP contribution is -2.33. The van der Waals surface area contributed by atoms with Gasteiger partial charge in [0.1, 0.15) is 5.75 Å². The van der Waals surface area contributed by atoms with Crippen LogP contribution in [0.15, 0.2) is 24.3 Å². The molecule has 1 aromatic rings. The van der Waals surface area contributed by atoms with E-state index in [0.29, 0.717) is 5.75 Å². The molecule has 19 heavy (non-hydrogen) atoms. The van der Waals surface area contributed by atoms with Crippen molar-refractivity contribution in [1.82, 2.24) is 4.90 Å². The summed E-state index contributed by atoms with van der Waals surface area (Å²) < 4.78 is 5.76. The summed E-state index contributed by atoms with van der Waals surface area (Å²) in [7, 11) is 2.18. The first-order valence-electron chi connectivity index (χ1n) is 7.22. The minimum Gasteiger partial charge on any atom is -0.508 e. The molecule has 1 aromatic carbocycles. The molecule has 0 radical (unpaired) electrons. The first kappa shape index (κ1) is 14.4. The predicted molar refractivity (Wildman–Crippen MR) is 77.6 cm³/mol. The summed E-state index contributed by atoms with van der Waals surface area (Å²) in [5.74, 6) is 0.353. The van der Waals surface area contributed by atoms with Crippen LogP contribution in [-0.2, 0) is 10.2 Å². The third-order valence-electron chi connectivity index (χ3n) is 4.21. The molecule has 1 saturated heterocycles. The van der Waals surface area contributed by atoms with Crippen molar-refractivity contribution in [1.29, 1.82) is 0 Å². The Kier molecular flexibility index (Phi) is 4.83. The summed E-state index contributed by atoms with van der Waals surface area (Å²) >= 11 is 0. The molecule has 3 heteroatoms. The van der Waals surface area contributed by atoms with E-state index in [1.54, 1.807) is 6.07 Å². The second kappa shape index (κ2) is 6.40. The van der Waals surface area contributed by atoms with Crippen LogP contribution in [0.25, 0.3) is 0 Å². The molecule has 1 atom stereocenters. The lowest BCUT2D eigenvalue weighted by atomic mass is 9.75. The number of hydrogen-bond donors (Lipinski definition) is 1. The highest BCUT2D eigenvalue weighted by Crippen LogP contribution is 2.37. The van der Waals surface area contributed by atoms with Crippen LogP contribution in [0, 0.1) is 0 Å². The van der Waals surface area contributed by atoms with Crippen molar-refractivity contribution in [3.63, 3.8) is 0 Å². The fourth-order valence-corrected chi connectivity index (χ4v) is 2.98. The molecule has 0 spiro atoms. The molecule has 106 valence electrons. The van der Waals surface area contributed by atoms with Gasteiger partial charge in [-0.05, 0) is 64.0 Å². The molecule has 1 unspecified atom stereocenters. The standard InChI is InChI=1S/C16H25NO2/c1-3-19-13-16(8-5-10-17(2)11-9-16)14-6-4-7-15(18)12-14/h4,6-7,12,18H,3,5,8-11,13H2,1-2H3. The topological polar surface area (TPSA) is 32.7 Å². The van der Waals surface area contributed by atoms with Gasteiger partial charge in [0.15, 0.2) is 0 Å². The summed E-state index contributed by atoms with van der Waals surface area (Å²) in [5.41, 5.74) is 1.27. The molecule has 3 nitrogen and oxygen atoms in total. The number of nitrogens with zero attached hydrogens (tertiary/aromatic N) is 1. The molecular formula is C16H25NO2. The molecule has 0 bridgehead atoms. The van der Waals surface area contributed by atoms with E-state index in [2.05, 4.69) is 18.0 Å². The third kappa shape index (κ3) is 3.48. The van der Waals surface area contributed by atoms with Crippen LogP contribution < -0.4 is 0 Å². The normalized spacial score (nSPS) is 25.2. The van der Waals surface area contributed by atoms with Crippen molar-refractivity contribution in [2.45, 2.75) is 31.6 Å². The summed E-state index contributed by atoms with van der Waals surface area (Å²) in [6.45, 7) is 5.77. The zero-order valence-corrected chi connectivity index (χ0v) is 12.1. The Balaban J connectivity index is 2.27. The van der Waals surface area contributed by atoms with Gasteiger partial charge in [-0.25, -0.2) is 0 Å². The van der Waals surface area contributed by atoms with E-state index < -0.39 is 0 Å². The van der Waals surface area contributed by atoms with E-state index in [1.165, 1.54) is 12.0 Å². The zero-order valence-electron chi connectivity index (χ0n) is 12.1. The van der Waals surface area contributed by atoms with Crippen LogP contribution in [0.3, 0.4) is 0 Å². The summed E-state index contributed by atoms with van der Waals surface area (Å²) in [6.07, 6.45) is 3.40. The van der Waals surface area contributed by atoms with Gasteiger partial charge in [-0.15, -0.1) is 0 Å². The molecule has 2 rings (SSSR count). The van der Waals surface area contributed by atoms with Gasteiger partial charge in [-0.3, -0.25) is 0 Å². The molecular weight excluding hydrogens is 238 g/mol. The summed E-state index contributed by atoms with van der Waals surface area (Å²) in [5, 5.41) is 9.75. The highest BCUT2D eigenvalue weighted by molar-refractivity contribution is 5.33. The third-order valence-corrected chi connectivity index (χ3v) is 4.21. The van der Waals surface area contributed by atoms with E-state index in [1.807, 2.05) is 19.1 Å². The number of phenolic OH excluding ortho intramolecular Hbond substituents is 1. The maximum atomic E-state index is 9.75. The van der Waals surface area contributed by atoms with Gasteiger partial charge in [-0.2, -0.15) is 0 Å². The molecule has 1 heterocycles. The number of rotatable bonds is 4. The van der Waals surface area contributed by atoms with Crippen LogP contribution in [0.5, 0.6) is 5.75 Å². The maximum absolute atomic E-state index is 9.75. The lowest BCUT2D eigenvalue weighted by Gasteiger charge is -2.33. The molecule has 1 fully saturated rings. The van der Waals surface area contributed by atoms with Gasteiger partial charge in [0.05, 0.1) is 6.61 Å². The maximum Gasteiger partial charge on any atom is 0.115 e.